The van der Waals surface area contributed by atoms with Gasteiger partial charge in [0, 0.05) is 0 Å². The largest absolute Gasteiger partial charge is 0.461 e. The van der Waals surface area contributed by atoms with E-state index in [1.165, 1.54) is 0 Å². The van der Waals surface area contributed by atoms with E-state index < -0.39 is 5.97 Å². The fourth-order valence-electron chi connectivity index (χ4n) is 2.96. The van der Waals surface area contributed by atoms with Gasteiger partial charge in [0.1, 0.15) is 0 Å². The minimum absolute atomic E-state index is 0.251. The van der Waals surface area contributed by atoms with Crippen LogP contribution < -0.4 is 0 Å². The Hall–Kier alpha value is -2.76. The molecule has 1 aromatic carbocycles. The maximum atomic E-state index is 12.2. The van der Waals surface area contributed by atoms with Crippen molar-refractivity contribution in [3.63, 3.8) is 0 Å². The molecule has 0 saturated heterocycles. The summed E-state index contributed by atoms with van der Waals surface area (Å²) in [6, 6.07) is 10.0. The van der Waals surface area contributed by atoms with Crippen molar-refractivity contribution in [2.75, 3.05) is 6.61 Å². The van der Waals surface area contributed by atoms with E-state index in [9.17, 15) is 4.79 Å². The lowest BCUT2D eigenvalue weighted by atomic mass is 10.0. The van der Waals surface area contributed by atoms with Gasteiger partial charge < -0.3 is 4.74 Å². The van der Waals surface area contributed by atoms with Gasteiger partial charge in [-0.25, -0.2) is 9.31 Å². The van der Waals surface area contributed by atoms with Crippen molar-refractivity contribution in [1.29, 1.82) is 0 Å². The molecular weight excluding hydrogens is 316 g/mol. The highest BCUT2D eigenvalue weighted by Crippen LogP contribution is 2.28. The van der Waals surface area contributed by atoms with Crippen LogP contribution in [0, 0.1) is 0 Å². The number of benzene rings is 1. The molecule has 0 saturated carbocycles. The van der Waals surface area contributed by atoms with Crippen molar-refractivity contribution >= 4 is 11.6 Å². The lowest BCUT2D eigenvalue weighted by Gasteiger charge is -2.08. The Kier molecular flexibility index (Phi) is 5.07. The number of carbonyl (C=O) groups excluding carboxylic acids is 1. The van der Waals surface area contributed by atoms with Gasteiger partial charge in [-0.05, 0) is 25.3 Å². The highest BCUT2D eigenvalue weighted by Gasteiger charge is 2.23. The van der Waals surface area contributed by atoms with E-state index in [-0.39, 0.29) is 5.69 Å². The second kappa shape index (κ2) is 7.42. The maximum Gasteiger partial charge on any atom is 0.360 e. The molecule has 3 aromatic rings. The summed E-state index contributed by atoms with van der Waals surface area (Å²) in [5.74, 6) is -0.449. The van der Waals surface area contributed by atoms with Gasteiger partial charge in [0.05, 0.1) is 23.6 Å². The highest BCUT2D eigenvalue weighted by molar-refractivity contribution is 5.89. The molecular formula is C19H22N4O2. The molecule has 6 heteroatoms. The number of nitrogens with zero attached hydrogens (tertiary/aromatic N) is 4. The van der Waals surface area contributed by atoms with E-state index in [0.717, 1.165) is 35.4 Å². The van der Waals surface area contributed by atoms with Crippen LogP contribution in [0.15, 0.2) is 30.3 Å². The zero-order chi connectivity index (χ0) is 17.8. The van der Waals surface area contributed by atoms with Crippen molar-refractivity contribution in [3.05, 3.63) is 47.4 Å². The number of aromatic nitrogens is 4. The zero-order valence-corrected chi connectivity index (χ0v) is 14.8. The molecule has 0 atom stereocenters. The molecule has 0 spiro atoms. The van der Waals surface area contributed by atoms with Gasteiger partial charge in [0.25, 0.3) is 0 Å². The lowest BCUT2D eigenvalue weighted by molar-refractivity contribution is 0.0515. The molecule has 2 heterocycles. The molecule has 0 aliphatic carbocycles. The summed E-state index contributed by atoms with van der Waals surface area (Å²) in [6.07, 6.45) is 2.32. The van der Waals surface area contributed by atoms with E-state index in [1.54, 1.807) is 11.4 Å². The van der Waals surface area contributed by atoms with E-state index in [1.807, 2.05) is 30.3 Å². The van der Waals surface area contributed by atoms with Gasteiger partial charge in [-0.1, -0.05) is 50.6 Å². The zero-order valence-electron chi connectivity index (χ0n) is 14.8. The topological polar surface area (TPSA) is 69.4 Å². The summed E-state index contributed by atoms with van der Waals surface area (Å²) in [4.78, 5) is 12.2. The first kappa shape index (κ1) is 17.1. The summed E-state index contributed by atoms with van der Waals surface area (Å²) in [5.41, 5.74) is 4.65. The molecule has 130 valence electrons. The maximum absolute atomic E-state index is 12.2. The van der Waals surface area contributed by atoms with Gasteiger partial charge >= 0.3 is 5.97 Å². The number of esters is 1. The van der Waals surface area contributed by atoms with Crippen LogP contribution in [0.25, 0.3) is 16.8 Å². The number of hydrogen-bond donors (Lipinski definition) is 0. The van der Waals surface area contributed by atoms with Gasteiger partial charge in [0.2, 0.25) is 0 Å². The average Bonchev–Trinajstić information content (AvgIpc) is 3.02. The minimum atomic E-state index is -0.449. The van der Waals surface area contributed by atoms with Crippen LogP contribution in [0.1, 0.15) is 49.1 Å². The Bertz CT molecular complexity index is 887. The Labute approximate surface area is 146 Å². The molecule has 0 unspecified atom stereocenters. The summed E-state index contributed by atoms with van der Waals surface area (Å²) >= 11 is 0. The van der Waals surface area contributed by atoms with Crippen molar-refractivity contribution in [3.8, 4) is 11.1 Å². The normalized spacial score (nSPS) is 11.0. The molecule has 0 amide bonds. The summed E-state index contributed by atoms with van der Waals surface area (Å²) in [5, 5.41) is 13.3. The third-order valence-corrected chi connectivity index (χ3v) is 4.06. The first-order chi connectivity index (χ1) is 12.2. The minimum Gasteiger partial charge on any atom is -0.461 e. The fraction of sp³-hybridized carbons (Fsp3) is 0.368. The predicted molar refractivity (Wildman–Crippen MR) is 95.5 cm³/mol. The number of carbonyl (C=O) groups is 1. The number of aryl methyl sites for hydroxylation is 2. The van der Waals surface area contributed by atoms with Crippen LogP contribution in [0.4, 0.5) is 0 Å². The molecule has 0 radical (unpaired) electrons. The summed E-state index contributed by atoms with van der Waals surface area (Å²) in [6.45, 7) is 6.20. The van der Waals surface area contributed by atoms with E-state index >= 15 is 0 Å². The van der Waals surface area contributed by atoms with Gasteiger partial charge in [-0.2, -0.15) is 5.10 Å². The monoisotopic (exact) mass is 338 g/mol. The quantitative estimate of drug-likeness (QED) is 0.644. The molecule has 6 nitrogen and oxygen atoms in total. The summed E-state index contributed by atoms with van der Waals surface area (Å²) < 4.78 is 6.90. The second-order valence-corrected chi connectivity index (χ2v) is 5.74. The molecule has 3 rings (SSSR count). The Morgan fingerprint density at radius 1 is 1.12 bits per heavy atom. The third-order valence-electron chi connectivity index (χ3n) is 4.06. The molecule has 2 aromatic heterocycles. The number of rotatable bonds is 6. The molecule has 25 heavy (non-hydrogen) atoms. The Balaban J connectivity index is 2.27. The van der Waals surface area contributed by atoms with Crippen LogP contribution in [0.2, 0.25) is 0 Å². The van der Waals surface area contributed by atoms with E-state index in [2.05, 4.69) is 24.0 Å². The van der Waals surface area contributed by atoms with Gasteiger partial charge in [-0.15, -0.1) is 10.2 Å². The average molecular weight is 338 g/mol. The highest BCUT2D eigenvalue weighted by atomic mass is 16.5. The summed E-state index contributed by atoms with van der Waals surface area (Å²) in [7, 11) is 0. The second-order valence-electron chi connectivity index (χ2n) is 5.74. The van der Waals surface area contributed by atoms with Gasteiger partial charge in [-0.3, -0.25) is 0 Å². The molecule has 0 bridgehead atoms. The molecule has 0 N–H and O–H groups in total. The Morgan fingerprint density at radius 2 is 1.88 bits per heavy atom. The fourth-order valence-corrected chi connectivity index (χ4v) is 2.96. The van der Waals surface area contributed by atoms with Crippen molar-refractivity contribution in [2.24, 2.45) is 0 Å². The number of fused-ring (bicyclic) bond motifs is 1. The third kappa shape index (κ3) is 3.12. The van der Waals surface area contributed by atoms with Crippen molar-refractivity contribution in [1.82, 2.24) is 19.8 Å². The first-order valence-electron chi connectivity index (χ1n) is 8.70. The van der Waals surface area contributed by atoms with Crippen LogP contribution in [-0.2, 0) is 17.6 Å². The number of hydrogen-bond acceptors (Lipinski definition) is 5. The molecule has 0 fully saturated rings. The molecule has 0 aliphatic rings. The van der Waals surface area contributed by atoms with Crippen LogP contribution in [-0.4, -0.2) is 32.4 Å². The first-order valence-corrected chi connectivity index (χ1v) is 8.70. The molecule has 0 aliphatic heterocycles. The van der Waals surface area contributed by atoms with Crippen LogP contribution in [0.5, 0.6) is 0 Å². The lowest BCUT2D eigenvalue weighted by Crippen LogP contribution is -2.16. The van der Waals surface area contributed by atoms with Crippen LogP contribution in [0.3, 0.4) is 0 Å². The van der Waals surface area contributed by atoms with Crippen molar-refractivity contribution in [2.45, 2.75) is 40.0 Å². The van der Waals surface area contributed by atoms with Crippen LogP contribution >= 0.6 is 0 Å². The van der Waals surface area contributed by atoms with Gasteiger partial charge in [0.15, 0.2) is 11.3 Å². The van der Waals surface area contributed by atoms with Crippen molar-refractivity contribution < 1.29 is 9.53 Å². The predicted octanol–water partition coefficient (Wildman–Crippen LogP) is 3.48. The van der Waals surface area contributed by atoms with E-state index in [4.69, 9.17) is 9.84 Å². The standard InChI is InChI=1S/C19H22N4O2/c1-4-10-15-17(19(24)25-6-3)20-21-18-16(13-11-8-7-9-12-13)14(5-2)22-23(15)18/h7-9,11-12H,4-6,10H2,1-3H3. The SMILES string of the molecule is CCCc1c(C(=O)OCC)nnc2c(-c3ccccc3)c(CC)nn12. The smallest absolute Gasteiger partial charge is 0.360 e. The van der Waals surface area contributed by atoms with E-state index in [0.29, 0.717) is 18.7 Å². The Morgan fingerprint density at radius 3 is 2.52 bits per heavy atom. The number of ether oxygens (including phenoxy) is 1.